The van der Waals surface area contributed by atoms with E-state index in [4.69, 9.17) is 26.3 Å². The van der Waals surface area contributed by atoms with Gasteiger partial charge >= 0.3 is 0 Å². The van der Waals surface area contributed by atoms with E-state index in [9.17, 15) is 4.79 Å². The largest absolute Gasteiger partial charge is 0.493 e. The van der Waals surface area contributed by atoms with Gasteiger partial charge < -0.3 is 14.8 Å². The number of amides is 1. The van der Waals surface area contributed by atoms with Gasteiger partial charge in [-0.25, -0.2) is 0 Å². The van der Waals surface area contributed by atoms with E-state index in [-0.39, 0.29) is 18.6 Å². The first-order valence-corrected chi connectivity index (χ1v) is 8.33. The topological polar surface area (TPSA) is 71.3 Å². The number of nitriles is 1. The number of halogens is 1. The highest BCUT2D eigenvalue weighted by Gasteiger charge is 2.08. The molecule has 26 heavy (non-hydrogen) atoms. The van der Waals surface area contributed by atoms with Gasteiger partial charge in [-0.15, -0.1) is 0 Å². The van der Waals surface area contributed by atoms with E-state index < -0.39 is 0 Å². The molecule has 0 spiro atoms. The maximum atomic E-state index is 12.1. The third kappa shape index (κ3) is 5.54. The van der Waals surface area contributed by atoms with E-state index in [1.54, 1.807) is 30.3 Å². The van der Waals surface area contributed by atoms with Gasteiger partial charge in [-0.05, 0) is 48.4 Å². The number of nitrogens with zero attached hydrogens (tertiary/aromatic N) is 1. The van der Waals surface area contributed by atoms with Crippen LogP contribution in [0.1, 0.15) is 24.1 Å². The quantitative estimate of drug-likeness (QED) is 0.743. The Hall–Kier alpha value is -2.97. The van der Waals surface area contributed by atoms with Crippen molar-refractivity contribution in [2.45, 2.75) is 13.0 Å². The van der Waals surface area contributed by atoms with Crippen LogP contribution in [-0.4, -0.2) is 19.6 Å². The van der Waals surface area contributed by atoms with Gasteiger partial charge in [0.25, 0.3) is 0 Å². The van der Waals surface area contributed by atoms with E-state index in [1.807, 2.05) is 31.2 Å². The molecular weight excluding hydrogens is 352 g/mol. The molecule has 0 aliphatic carbocycles. The van der Waals surface area contributed by atoms with E-state index in [1.165, 1.54) is 13.2 Å². The Bertz CT molecular complexity index is 843. The molecule has 1 atom stereocenters. The molecule has 1 unspecified atom stereocenters. The number of benzene rings is 2. The predicted molar refractivity (Wildman–Crippen MR) is 101 cm³/mol. The second-order valence-electron chi connectivity index (χ2n) is 5.48. The Morgan fingerprint density at radius 1 is 1.31 bits per heavy atom. The summed E-state index contributed by atoms with van der Waals surface area (Å²) in [7, 11) is 1.52. The summed E-state index contributed by atoms with van der Waals surface area (Å²) in [5, 5.41) is 12.1. The Kier molecular flexibility index (Phi) is 7.07. The lowest BCUT2D eigenvalue weighted by atomic mass is 10.1. The Morgan fingerprint density at radius 3 is 2.81 bits per heavy atom. The molecule has 6 heteroatoms. The monoisotopic (exact) mass is 370 g/mol. The molecule has 134 valence electrons. The van der Waals surface area contributed by atoms with Crippen molar-refractivity contribution < 1.29 is 14.3 Å². The number of nitrogens with one attached hydrogen (secondary N) is 1. The first-order chi connectivity index (χ1) is 12.5. The third-order valence-corrected chi connectivity index (χ3v) is 3.85. The van der Waals surface area contributed by atoms with Gasteiger partial charge in [0.2, 0.25) is 5.91 Å². The Labute approximate surface area is 157 Å². The Balaban J connectivity index is 2.02. The first kappa shape index (κ1) is 19.4. The molecule has 0 aliphatic heterocycles. The maximum Gasteiger partial charge on any atom is 0.244 e. The van der Waals surface area contributed by atoms with Crippen molar-refractivity contribution in [3.8, 4) is 17.6 Å². The van der Waals surface area contributed by atoms with Gasteiger partial charge in [0.1, 0.15) is 6.07 Å². The summed E-state index contributed by atoms with van der Waals surface area (Å²) >= 11 is 5.97. The van der Waals surface area contributed by atoms with Gasteiger partial charge in [0, 0.05) is 11.1 Å². The van der Waals surface area contributed by atoms with Crippen LogP contribution in [0.25, 0.3) is 6.08 Å². The van der Waals surface area contributed by atoms with E-state index >= 15 is 0 Å². The van der Waals surface area contributed by atoms with Crippen LogP contribution >= 0.6 is 11.6 Å². The smallest absolute Gasteiger partial charge is 0.244 e. The number of carbonyl (C=O) groups excluding carboxylic acids is 1. The number of rotatable bonds is 7. The number of hydrogen-bond donors (Lipinski definition) is 1. The summed E-state index contributed by atoms with van der Waals surface area (Å²) in [6.45, 7) is 1.83. The second kappa shape index (κ2) is 9.50. The van der Waals surface area contributed by atoms with Gasteiger partial charge in [-0.2, -0.15) is 5.26 Å². The first-order valence-electron chi connectivity index (χ1n) is 7.95. The van der Waals surface area contributed by atoms with Crippen molar-refractivity contribution in [3.05, 3.63) is 64.7 Å². The van der Waals surface area contributed by atoms with Crippen LogP contribution in [0.3, 0.4) is 0 Å². The molecule has 0 saturated heterocycles. The van der Waals surface area contributed by atoms with Crippen LogP contribution in [-0.2, 0) is 4.79 Å². The van der Waals surface area contributed by atoms with Crippen molar-refractivity contribution in [2.24, 2.45) is 0 Å². The molecule has 0 fully saturated rings. The summed E-state index contributed by atoms with van der Waals surface area (Å²) < 4.78 is 10.5. The van der Waals surface area contributed by atoms with Crippen LogP contribution in [0.15, 0.2) is 48.5 Å². The fourth-order valence-electron chi connectivity index (χ4n) is 2.31. The average molecular weight is 371 g/mol. The van der Waals surface area contributed by atoms with Crippen LogP contribution in [0, 0.1) is 11.3 Å². The zero-order valence-electron chi connectivity index (χ0n) is 14.5. The summed E-state index contributed by atoms with van der Waals surface area (Å²) in [6, 6.07) is 14.3. The van der Waals surface area contributed by atoms with Gasteiger partial charge in [0.15, 0.2) is 18.1 Å². The highest BCUT2D eigenvalue weighted by molar-refractivity contribution is 6.30. The number of ether oxygens (including phenoxy) is 2. The zero-order chi connectivity index (χ0) is 18.9. The minimum Gasteiger partial charge on any atom is -0.493 e. The molecule has 2 aromatic rings. The molecule has 0 aromatic heterocycles. The van der Waals surface area contributed by atoms with Crippen molar-refractivity contribution >= 4 is 23.6 Å². The van der Waals surface area contributed by atoms with Crippen LogP contribution < -0.4 is 14.8 Å². The van der Waals surface area contributed by atoms with Crippen molar-refractivity contribution in [2.75, 3.05) is 13.7 Å². The van der Waals surface area contributed by atoms with E-state index in [2.05, 4.69) is 5.32 Å². The summed E-state index contributed by atoms with van der Waals surface area (Å²) in [4.78, 5) is 12.1. The standard InChI is InChI=1S/C20H19ClN2O3/c1-14(16-4-3-5-17(21)13-16)23-20(24)9-7-15-6-8-18(26-11-10-22)19(12-15)25-2/h3-9,12-14H,11H2,1-2H3,(H,23,24)/b9-7+. The lowest BCUT2D eigenvalue weighted by molar-refractivity contribution is -0.117. The minimum absolute atomic E-state index is 0.0602. The fraction of sp³-hybridized carbons (Fsp3) is 0.200. The Morgan fingerprint density at radius 2 is 2.12 bits per heavy atom. The molecule has 0 heterocycles. The number of hydrogen-bond acceptors (Lipinski definition) is 4. The van der Waals surface area contributed by atoms with Crippen LogP contribution in [0.2, 0.25) is 5.02 Å². The molecule has 1 N–H and O–H groups in total. The molecule has 1 amide bonds. The molecule has 2 rings (SSSR count). The van der Waals surface area contributed by atoms with Gasteiger partial charge in [-0.1, -0.05) is 29.8 Å². The summed E-state index contributed by atoms with van der Waals surface area (Å²) in [6.07, 6.45) is 3.13. The minimum atomic E-state index is -0.221. The molecule has 0 radical (unpaired) electrons. The highest BCUT2D eigenvalue weighted by Crippen LogP contribution is 2.28. The highest BCUT2D eigenvalue weighted by atomic mass is 35.5. The predicted octanol–water partition coefficient (Wildman–Crippen LogP) is 4.14. The molecule has 2 aromatic carbocycles. The molecular formula is C20H19ClN2O3. The lowest BCUT2D eigenvalue weighted by Gasteiger charge is -2.13. The lowest BCUT2D eigenvalue weighted by Crippen LogP contribution is -2.24. The molecule has 5 nitrogen and oxygen atoms in total. The molecule has 0 bridgehead atoms. The van der Waals surface area contributed by atoms with Crippen LogP contribution in [0.4, 0.5) is 0 Å². The normalized spacial score (nSPS) is 11.6. The molecule has 0 saturated carbocycles. The van der Waals surface area contributed by atoms with E-state index in [0.29, 0.717) is 16.5 Å². The fourth-order valence-corrected chi connectivity index (χ4v) is 2.51. The van der Waals surface area contributed by atoms with E-state index in [0.717, 1.165) is 11.1 Å². The van der Waals surface area contributed by atoms with Gasteiger partial charge in [-0.3, -0.25) is 4.79 Å². The average Bonchev–Trinajstić information content (AvgIpc) is 2.64. The maximum absolute atomic E-state index is 12.1. The molecule has 0 aliphatic rings. The third-order valence-electron chi connectivity index (χ3n) is 3.61. The van der Waals surface area contributed by atoms with Crippen molar-refractivity contribution in [3.63, 3.8) is 0 Å². The number of carbonyl (C=O) groups is 1. The SMILES string of the molecule is COc1cc(/C=C/C(=O)NC(C)c2cccc(Cl)c2)ccc1OCC#N. The number of methoxy groups -OCH3 is 1. The van der Waals surface area contributed by atoms with Crippen molar-refractivity contribution in [1.29, 1.82) is 5.26 Å². The zero-order valence-corrected chi connectivity index (χ0v) is 15.3. The summed E-state index contributed by atoms with van der Waals surface area (Å²) in [5.41, 5.74) is 1.71. The summed E-state index contributed by atoms with van der Waals surface area (Å²) in [5.74, 6) is 0.751. The second-order valence-corrected chi connectivity index (χ2v) is 5.91. The van der Waals surface area contributed by atoms with Crippen molar-refractivity contribution in [1.82, 2.24) is 5.32 Å². The van der Waals surface area contributed by atoms with Crippen LogP contribution in [0.5, 0.6) is 11.5 Å². The van der Waals surface area contributed by atoms with Gasteiger partial charge in [0.05, 0.1) is 13.2 Å².